The Morgan fingerprint density at radius 3 is 2.39 bits per heavy atom. The third-order valence-electron chi connectivity index (χ3n) is 6.94. The smallest absolute Gasteiger partial charge is 0.179 e. The van der Waals surface area contributed by atoms with Gasteiger partial charge in [-0.3, -0.25) is 0 Å². The number of benzene rings is 2. The van der Waals surface area contributed by atoms with Crippen LogP contribution in [0.4, 0.5) is 5.82 Å². The standard InChI is InChI=1S/C29H32N2O2/c1-4-25-18-28(32-19-22-14-16-24(17-15-22)23-10-6-5-7-11-23)26-12-8-9-13-27(26)31(25)29-20(2)21(3)33-30-29/h5-7,10-11,14-18,25H,4,8-9,12-13,19H2,1-3H3. The third-order valence-corrected chi connectivity index (χ3v) is 6.94. The van der Waals surface area contributed by atoms with Gasteiger partial charge in [0.05, 0.1) is 6.04 Å². The van der Waals surface area contributed by atoms with Gasteiger partial charge in [-0.05, 0) is 68.7 Å². The van der Waals surface area contributed by atoms with E-state index in [2.05, 4.69) is 78.5 Å². The van der Waals surface area contributed by atoms with Crippen molar-refractivity contribution in [1.82, 2.24) is 5.16 Å². The minimum absolute atomic E-state index is 0.223. The molecule has 0 radical (unpaired) electrons. The molecule has 0 spiro atoms. The molecule has 170 valence electrons. The SMILES string of the molecule is CCC1C=C(OCc2ccc(-c3ccccc3)cc2)C2=C(CCCC2)N1c1noc(C)c1C. The molecular weight excluding hydrogens is 408 g/mol. The molecule has 1 atom stereocenters. The molecule has 1 aliphatic carbocycles. The minimum Gasteiger partial charge on any atom is -0.489 e. The molecule has 0 bridgehead atoms. The average molecular weight is 441 g/mol. The van der Waals surface area contributed by atoms with E-state index in [1.54, 1.807) is 0 Å². The third kappa shape index (κ3) is 4.22. The number of hydrogen-bond donors (Lipinski definition) is 0. The second kappa shape index (κ2) is 9.30. The first-order valence-corrected chi connectivity index (χ1v) is 12.1. The summed E-state index contributed by atoms with van der Waals surface area (Å²) < 4.78 is 12.0. The molecule has 0 saturated heterocycles. The molecule has 4 heteroatoms. The number of rotatable bonds is 6. The molecule has 33 heavy (non-hydrogen) atoms. The number of anilines is 1. The lowest BCUT2D eigenvalue weighted by Crippen LogP contribution is -2.38. The molecule has 1 aromatic heterocycles. The molecule has 1 aliphatic heterocycles. The van der Waals surface area contributed by atoms with E-state index in [1.165, 1.54) is 40.8 Å². The van der Waals surface area contributed by atoms with Crippen LogP contribution >= 0.6 is 0 Å². The predicted octanol–water partition coefficient (Wildman–Crippen LogP) is 7.49. The van der Waals surface area contributed by atoms with Crippen LogP contribution in [0.5, 0.6) is 0 Å². The van der Waals surface area contributed by atoms with E-state index in [4.69, 9.17) is 9.26 Å². The Kier molecular flexibility index (Phi) is 6.08. The molecule has 0 saturated carbocycles. The molecule has 3 aromatic rings. The van der Waals surface area contributed by atoms with Gasteiger partial charge in [-0.2, -0.15) is 0 Å². The zero-order chi connectivity index (χ0) is 22.8. The summed E-state index contributed by atoms with van der Waals surface area (Å²) in [4.78, 5) is 2.40. The molecule has 0 amide bonds. The van der Waals surface area contributed by atoms with Gasteiger partial charge in [0.15, 0.2) is 5.82 Å². The first kappa shape index (κ1) is 21.6. The van der Waals surface area contributed by atoms with Crippen LogP contribution in [-0.2, 0) is 11.3 Å². The second-order valence-corrected chi connectivity index (χ2v) is 9.05. The highest BCUT2D eigenvalue weighted by Gasteiger charge is 2.34. The van der Waals surface area contributed by atoms with Gasteiger partial charge in [0.2, 0.25) is 0 Å². The average Bonchev–Trinajstić information content (AvgIpc) is 3.20. The summed E-state index contributed by atoms with van der Waals surface area (Å²) in [6.07, 6.45) is 7.80. The topological polar surface area (TPSA) is 38.5 Å². The molecule has 0 N–H and O–H groups in total. The zero-order valence-corrected chi connectivity index (χ0v) is 19.8. The molecule has 2 heterocycles. The van der Waals surface area contributed by atoms with Crippen LogP contribution in [0, 0.1) is 13.8 Å². The van der Waals surface area contributed by atoms with Crippen molar-refractivity contribution in [2.45, 2.75) is 65.5 Å². The fraction of sp³-hybridized carbons (Fsp3) is 0.345. The molecule has 2 aliphatic rings. The molecule has 4 nitrogen and oxygen atoms in total. The first-order chi connectivity index (χ1) is 16.2. The van der Waals surface area contributed by atoms with E-state index in [-0.39, 0.29) is 6.04 Å². The van der Waals surface area contributed by atoms with E-state index in [0.29, 0.717) is 6.61 Å². The maximum Gasteiger partial charge on any atom is 0.179 e. The van der Waals surface area contributed by atoms with Crippen LogP contribution in [-0.4, -0.2) is 11.2 Å². The second-order valence-electron chi connectivity index (χ2n) is 9.05. The quantitative estimate of drug-likeness (QED) is 0.398. The number of nitrogens with zero attached hydrogens (tertiary/aromatic N) is 2. The van der Waals surface area contributed by atoms with Gasteiger partial charge in [0.25, 0.3) is 0 Å². The van der Waals surface area contributed by atoms with Crippen molar-refractivity contribution in [3.63, 3.8) is 0 Å². The molecule has 1 unspecified atom stereocenters. The summed E-state index contributed by atoms with van der Waals surface area (Å²) in [5.41, 5.74) is 7.48. The van der Waals surface area contributed by atoms with Gasteiger partial charge in [0.1, 0.15) is 18.1 Å². The Bertz CT molecular complexity index is 1170. The molecule has 2 aromatic carbocycles. The van der Waals surface area contributed by atoms with E-state index in [0.717, 1.165) is 42.2 Å². The highest BCUT2D eigenvalue weighted by atomic mass is 16.5. The highest BCUT2D eigenvalue weighted by molar-refractivity contribution is 5.63. The zero-order valence-electron chi connectivity index (χ0n) is 19.8. The van der Waals surface area contributed by atoms with Gasteiger partial charge >= 0.3 is 0 Å². The number of ether oxygens (including phenoxy) is 1. The summed E-state index contributed by atoms with van der Waals surface area (Å²) in [7, 11) is 0. The summed E-state index contributed by atoms with van der Waals surface area (Å²) in [6, 6.07) is 19.4. The predicted molar refractivity (Wildman–Crippen MR) is 133 cm³/mol. The summed E-state index contributed by atoms with van der Waals surface area (Å²) in [5, 5.41) is 4.43. The van der Waals surface area contributed by atoms with Crippen molar-refractivity contribution in [2.75, 3.05) is 4.90 Å². The maximum absolute atomic E-state index is 6.47. The van der Waals surface area contributed by atoms with Crippen LogP contribution in [0.25, 0.3) is 11.1 Å². The largest absolute Gasteiger partial charge is 0.489 e. The van der Waals surface area contributed by atoms with Gasteiger partial charge < -0.3 is 14.2 Å². The summed E-state index contributed by atoms with van der Waals surface area (Å²) in [5.74, 6) is 2.90. The Balaban J connectivity index is 1.38. The normalized spacial score (nSPS) is 18.2. The van der Waals surface area contributed by atoms with Crippen molar-refractivity contribution < 1.29 is 9.26 Å². The number of allylic oxidation sites excluding steroid dienone is 2. The van der Waals surface area contributed by atoms with Crippen LogP contribution in [0.1, 0.15) is 55.9 Å². The Morgan fingerprint density at radius 1 is 0.970 bits per heavy atom. The van der Waals surface area contributed by atoms with E-state index in [1.807, 2.05) is 13.0 Å². The van der Waals surface area contributed by atoms with Gasteiger partial charge in [-0.15, -0.1) is 0 Å². The minimum atomic E-state index is 0.223. The molecular formula is C29H32N2O2. The Morgan fingerprint density at radius 2 is 1.70 bits per heavy atom. The number of hydrogen-bond acceptors (Lipinski definition) is 4. The van der Waals surface area contributed by atoms with Crippen LogP contribution < -0.4 is 4.90 Å². The summed E-state index contributed by atoms with van der Waals surface area (Å²) >= 11 is 0. The monoisotopic (exact) mass is 440 g/mol. The van der Waals surface area contributed by atoms with Crippen molar-refractivity contribution in [3.05, 3.63) is 94.6 Å². The lowest BCUT2D eigenvalue weighted by atomic mass is 9.88. The first-order valence-electron chi connectivity index (χ1n) is 12.1. The lowest BCUT2D eigenvalue weighted by Gasteiger charge is -2.39. The van der Waals surface area contributed by atoms with Crippen molar-refractivity contribution in [1.29, 1.82) is 0 Å². The van der Waals surface area contributed by atoms with Gasteiger partial charge in [-0.1, -0.05) is 66.7 Å². The van der Waals surface area contributed by atoms with E-state index in [9.17, 15) is 0 Å². The van der Waals surface area contributed by atoms with Gasteiger partial charge in [0, 0.05) is 16.8 Å². The molecule has 5 rings (SSSR count). The van der Waals surface area contributed by atoms with Crippen LogP contribution in [0.2, 0.25) is 0 Å². The maximum atomic E-state index is 6.47. The highest BCUT2D eigenvalue weighted by Crippen LogP contribution is 2.41. The van der Waals surface area contributed by atoms with Crippen molar-refractivity contribution in [3.8, 4) is 11.1 Å². The van der Waals surface area contributed by atoms with Crippen LogP contribution in [0.15, 0.2) is 82.2 Å². The molecule has 0 fully saturated rings. The van der Waals surface area contributed by atoms with Gasteiger partial charge in [-0.25, -0.2) is 0 Å². The van der Waals surface area contributed by atoms with Crippen molar-refractivity contribution >= 4 is 5.82 Å². The van der Waals surface area contributed by atoms with E-state index >= 15 is 0 Å². The van der Waals surface area contributed by atoms with Crippen LogP contribution in [0.3, 0.4) is 0 Å². The fourth-order valence-electron chi connectivity index (χ4n) is 4.91. The lowest BCUT2D eigenvalue weighted by molar-refractivity contribution is 0.199. The number of aryl methyl sites for hydroxylation is 1. The number of aromatic nitrogens is 1. The fourth-order valence-corrected chi connectivity index (χ4v) is 4.91. The summed E-state index contributed by atoms with van der Waals surface area (Å²) in [6.45, 7) is 6.90. The Hall–Kier alpha value is -3.27. The Labute approximate surface area is 196 Å². The van der Waals surface area contributed by atoms with E-state index < -0.39 is 0 Å². The van der Waals surface area contributed by atoms with Crippen molar-refractivity contribution in [2.24, 2.45) is 0 Å².